The fourth-order valence-electron chi connectivity index (χ4n) is 3.41. The normalized spacial score (nSPS) is 20.4. The lowest BCUT2D eigenvalue weighted by atomic mass is 9.97. The third-order valence-corrected chi connectivity index (χ3v) is 4.70. The standard InChI is InChI=1S/C21H21NO3/c1-2-24-21(23)15-10-17-18-12-16(8-9-19(18)22-20(17)11-15)25-13-14-6-4-3-5-7-14/h4,6,8-12,14H,2-3,5,7,13H2,1H3. The molecular formula is C21H21NO3. The van der Waals surface area contributed by atoms with Crippen LogP contribution in [0, 0.1) is 5.92 Å². The van der Waals surface area contributed by atoms with Crippen molar-refractivity contribution >= 4 is 11.5 Å². The molecule has 1 aromatic rings. The summed E-state index contributed by atoms with van der Waals surface area (Å²) >= 11 is 0. The highest BCUT2D eigenvalue weighted by Crippen LogP contribution is 2.27. The monoisotopic (exact) mass is 335 g/mol. The van der Waals surface area contributed by atoms with Gasteiger partial charge in [0.25, 0.3) is 0 Å². The van der Waals surface area contributed by atoms with Crippen molar-refractivity contribution in [2.24, 2.45) is 10.9 Å². The van der Waals surface area contributed by atoms with Gasteiger partial charge in [-0.05, 0) is 56.5 Å². The summed E-state index contributed by atoms with van der Waals surface area (Å²) in [6.45, 7) is 2.88. The average Bonchev–Trinajstić information content (AvgIpc) is 3.19. The van der Waals surface area contributed by atoms with E-state index in [2.05, 4.69) is 17.1 Å². The Kier molecular flexibility index (Phi) is 4.26. The Bertz CT molecular complexity index is 921. The first-order valence-electron chi connectivity index (χ1n) is 8.88. The van der Waals surface area contributed by atoms with Gasteiger partial charge in [-0.3, -0.25) is 0 Å². The highest BCUT2D eigenvalue weighted by Gasteiger charge is 2.22. The second-order valence-corrected chi connectivity index (χ2v) is 6.48. The molecule has 0 radical (unpaired) electrons. The summed E-state index contributed by atoms with van der Waals surface area (Å²) in [6.07, 6.45) is 11.8. The molecule has 25 heavy (non-hydrogen) atoms. The van der Waals surface area contributed by atoms with Gasteiger partial charge in [0.05, 0.1) is 29.8 Å². The highest BCUT2D eigenvalue weighted by molar-refractivity contribution is 5.99. The minimum Gasteiger partial charge on any atom is -0.493 e. The lowest BCUT2D eigenvalue weighted by molar-refractivity contribution is -0.138. The van der Waals surface area contributed by atoms with Crippen LogP contribution in [0.15, 0.2) is 58.8 Å². The number of ether oxygens (including phenoxy) is 2. The third-order valence-electron chi connectivity index (χ3n) is 4.70. The Labute approximate surface area is 146 Å². The van der Waals surface area contributed by atoms with Gasteiger partial charge in [0, 0.05) is 16.7 Å². The summed E-state index contributed by atoms with van der Waals surface area (Å²) in [5, 5.41) is 1.94. The van der Waals surface area contributed by atoms with Crippen LogP contribution in [0.4, 0.5) is 0 Å². The number of benzene rings is 1. The molecule has 0 saturated heterocycles. The van der Waals surface area contributed by atoms with Crippen LogP contribution in [0.1, 0.15) is 26.2 Å². The van der Waals surface area contributed by atoms with Gasteiger partial charge in [-0.1, -0.05) is 12.2 Å². The van der Waals surface area contributed by atoms with Gasteiger partial charge in [0.2, 0.25) is 0 Å². The largest absolute Gasteiger partial charge is 0.493 e. The lowest BCUT2D eigenvalue weighted by Crippen LogP contribution is -2.23. The molecule has 2 aliphatic carbocycles. The Hall–Kier alpha value is -2.62. The summed E-state index contributed by atoms with van der Waals surface area (Å²) in [5.74, 6) is 1.04. The van der Waals surface area contributed by atoms with E-state index in [4.69, 9.17) is 9.47 Å². The number of carbonyl (C=O) groups excluding carboxylic acids is 1. The molecule has 3 aliphatic rings. The van der Waals surface area contributed by atoms with Crippen molar-refractivity contribution in [3.05, 3.63) is 64.3 Å². The van der Waals surface area contributed by atoms with E-state index < -0.39 is 0 Å². The molecule has 0 aromatic heterocycles. The number of hydrogen-bond donors (Lipinski definition) is 0. The molecule has 0 fully saturated rings. The Morgan fingerprint density at radius 2 is 2.24 bits per heavy atom. The number of allylic oxidation sites excluding steroid dienone is 2. The molecule has 1 aromatic carbocycles. The van der Waals surface area contributed by atoms with E-state index >= 15 is 0 Å². The minimum atomic E-state index is -0.301. The van der Waals surface area contributed by atoms with Crippen molar-refractivity contribution in [1.82, 2.24) is 0 Å². The summed E-state index contributed by atoms with van der Waals surface area (Å²) in [6, 6.07) is 5.96. The molecule has 1 atom stereocenters. The lowest BCUT2D eigenvalue weighted by Gasteiger charge is -2.16. The summed E-state index contributed by atoms with van der Waals surface area (Å²) in [5.41, 5.74) is 2.35. The van der Waals surface area contributed by atoms with Gasteiger partial charge in [-0.15, -0.1) is 0 Å². The van der Waals surface area contributed by atoms with E-state index in [0.29, 0.717) is 24.7 Å². The van der Waals surface area contributed by atoms with Gasteiger partial charge in [0.1, 0.15) is 5.75 Å². The number of nitrogens with zero attached hydrogens (tertiary/aromatic N) is 1. The van der Waals surface area contributed by atoms with Gasteiger partial charge in [0.15, 0.2) is 0 Å². The van der Waals surface area contributed by atoms with Gasteiger partial charge < -0.3 is 9.47 Å². The fourth-order valence-corrected chi connectivity index (χ4v) is 3.41. The Morgan fingerprint density at radius 1 is 1.32 bits per heavy atom. The van der Waals surface area contributed by atoms with E-state index in [1.54, 1.807) is 13.0 Å². The first-order chi connectivity index (χ1) is 12.2. The smallest absolute Gasteiger partial charge is 0.338 e. The molecule has 1 unspecified atom stereocenters. The Balaban J connectivity index is 1.58. The molecule has 4 nitrogen and oxygen atoms in total. The molecule has 0 N–H and O–H groups in total. The fraction of sp³-hybridized carbons (Fsp3) is 0.333. The molecular weight excluding hydrogens is 314 g/mol. The van der Waals surface area contributed by atoms with E-state index in [1.807, 2.05) is 24.3 Å². The number of hydrogen-bond acceptors (Lipinski definition) is 4. The second-order valence-electron chi connectivity index (χ2n) is 6.48. The van der Waals surface area contributed by atoms with Crippen LogP contribution in [0.5, 0.6) is 5.75 Å². The molecule has 0 spiro atoms. The predicted molar refractivity (Wildman–Crippen MR) is 95.4 cm³/mol. The first kappa shape index (κ1) is 15.9. The van der Waals surface area contributed by atoms with Crippen LogP contribution in [-0.4, -0.2) is 19.2 Å². The second kappa shape index (κ2) is 6.71. The number of esters is 1. The van der Waals surface area contributed by atoms with E-state index in [-0.39, 0.29) is 5.97 Å². The quantitative estimate of drug-likeness (QED) is 0.614. The summed E-state index contributed by atoms with van der Waals surface area (Å²) < 4.78 is 11.1. The molecule has 0 bridgehead atoms. The topological polar surface area (TPSA) is 47.9 Å². The summed E-state index contributed by atoms with van der Waals surface area (Å²) in [4.78, 5) is 16.5. The molecule has 0 saturated carbocycles. The van der Waals surface area contributed by atoms with Crippen LogP contribution in [0.2, 0.25) is 0 Å². The maximum Gasteiger partial charge on any atom is 0.338 e. The Morgan fingerprint density at radius 3 is 3.04 bits per heavy atom. The molecule has 4 rings (SSSR count). The molecule has 128 valence electrons. The van der Waals surface area contributed by atoms with Crippen LogP contribution in [0.3, 0.4) is 0 Å². The highest BCUT2D eigenvalue weighted by atomic mass is 16.5. The van der Waals surface area contributed by atoms with E-state index in [1.165, 1.54) is 19.3 Å². The van der Waals surface area contributed by atoms with Gasteiger partial charge in [-0.25, -0.2) is 9.79 Å². The van der Waals surface area contributed by atoms with Crippen molar-refractivity contribution in [3.8, 4) is 5.75 Å². The number of carbonyl (C=O) groups is 1. The maximum absolute atomic E-state index is 11.9. The number of fused-ring (bicyclic) bond motifs is 2. The zero-order valence-electron chi connectivity index (χ0n) is 14.3. The minimum absolute atomic E-state index is 0.301. The van der Waals surface area contributed by atoms with Crippen molar-refractivity contribution in [2.45, 2.75) is 26.2 Å². The zero-order valence-corrected chi connectivity index (χ0v) is 14.3. The van der Waals surface area contributed by atoms with Crippen molar-refractivity contribution < 1.29 is 14.3 Å². The molecule has 0 amide bonds. The van der Waals surface area contributed by atoms with Crippen LogP contribution in [-0.2, 0) is 9.53 Å². The first-order valence-corrected chi connectivity index (χ1v) is 8.88. The van der Waals surface area contributed by atoms with Crippen molar-refractivity contribution in [2.75, 3.05) is 13.2 Å². The molecule has 1 heterocycles. The number of rotatable bonds is 5. The van der Waals surface area contributed by atoms with Gasteiger partial charge in [-0.2, -0.15) is 0 Å². The summed E-state index contributed by atoms with van der Waals surface area (Å²) in [7, 11) is 0. The SMILES string of the molecule is CCOC(=O)C1=CC2=c3cc(OCC4C=CCCC4)ccc3=NC2=C1. The zero-order chi connectivity index (χ0) is 17.2. The predicted octanol–water partition coefficient (Wildman–Crippen LogP) is 2.59. The average molecular weight is 335 g/mol. The van der Waals surface area contributed by atoms with E-state index in [9.17, 15) is 4.79 Å². The molecule has 4 heteroatoms. The van der Waals surface area contributed by atoms with Crippen molar-refractivity contribution in [3.63, 3.8) is 0 Å². The van der Waals surface area contributed by atoms with Crippen LogP contribution in [0.25, 0.3) is 5.57 Å². The third kappa shape index (κ3) is 3.16. The van der Waals surface area contributed by atoms with Crippen molar-refractivity contribution in [1.29, 1.82) is 0 Å². The van der Waals surface area contributed by atoms with E-state index in [0.717, 1.165) is 27.6 Å². The van der Waals surface area contributed by atoms with Gasteiger partial charge >= 0.3 is 5.97 Å². The maximum atomic E-state index is 11.9. The van der Waals surface area contributed by atoms with Crippen LogP contribution < -0.4 is 15.3 Å². The molecule has 1 aliphatic heterocycles. The van der Waals surface area contributed by atoms with Crippen LogP contribution >= 0.6 is 0 Å².